The van der Waals surface area contributed by atoms with E-state index in [0.717, 1.165) is 6.42 Å². The minimum absolute atomic E-state index is 0.299. The van der Waals surface area contributed by atoms with Crippen LogP contribution < -0.4 is 15.8 Å². The van der Waals surface area contributed by atoms with E-state index in [9.17, 15) is 13.6 Å². The maximum Gasteiger partial charge on any atom is 0.258 e. The molecule has 3 N–H and O–H groups in total. The number of halogens is 2. The Morgan fingerprint density at radius 2 is 1.90 bits per heavy atom. The maximum atomic E-state index is 13.8. The number of hydrogen-bond donors (Lipinski definition) is 2. The van der Waals surface area contributed by atoms with Gasteiger partial charge in [-0.25, -0.2) is 8.78 Å². The zero-order valence-corrected chi connectivity index (χ0v) is 12.6. The lowest BCUT2D eigenvalue weighted by Gasteiger charge is -2.24. The number of rotatable bonds is 7. The van der Waals surface area contributed by atoms with E-state index in [2.05, 4.69) is 5.32 Å². The molecule has 0 spiro atoms. The molecule has 0 unspecified atom stereocenters. The first-order chi connectivity index (χ1) is 9.79. The summed E-state index contributed by atoms with van der Waals surface area (Å²) in [5.41, 5.74) is 5.41. The first-order valence-electron chi connectivity index (χ1n) is 6.91. The van der Waals surface area contributed by atoms with Gasteiger partial charge >= 0.3 is 0 Å². The van der Waals surface area contributed by atoms with E-state index >= 15 is 0 Å². The van der Waals surface area contributed by atoms with Crippen LogP contribution in [-0.2, 0) is 11.2 Å². The standard InChI is InChI=1S/C15H22F2N2O2/c1-4-15(2,3)19-13(20)9-21-14-11(16)7-10(5-6-18)8-12(14)17/h7-8H,4-6,9,18H2,1-3H3,(H,19,20). The Balaban J connectivity index is 2.69. The Labute approximate surface area is 123 Å². The van der Waals surface area contributed by atoms with Gasteiger partial charge in [0.1, 0.15) is 0 Å². The van der Waals surface area contributed by atoms with Gasteiger partial charge in [-0.3, -0.25) is 4.79 Å². The lowest BCUT2D eigenvalue weighted by atomic mass is 10.0. The van der Waals surface area contributed by atoms with Crippen LogP contribution >= 0.6 is 0 Å². The fourth-order valence-corrected chi connectivity index (χ4v) is 1.70. The first kappa shape index (κ1) is 17.4. The van der Waals surface area contributed by atoms with Crippen LogP contribution in [0, 0.1) is 11.6 Å². The van der Waals surface area contributed by atoms with Crippen molar-refractivity contribution in [1.29, 1.82) is 0 Å². The van der Waals surface area contributed by atoms with Crippen LogP contribution in [0.5, 0.6) is 5.75 Å². The zero-order valence-electron chi connectivity index (χ0n) is 12.6. The molecule has 0 aliphatic heterocycles. The molecule has 0 aliphatic rings. The van der Waals surface area contributed by atoms with E-state index in [4.69, 9.17) is 10.5 Å². The van der Waals surface area contributed by atoms with Crippen LogP contribution in [0.25, 0.3) is 0 Å². The van der Waals surface area contributed by atoms with Gasteiger partial charge in [-0.1, -0.05) is 6.92 Å². The van der Waals surface area contributed by atoms with E-state index in [1.807, 2.05) is 20.8 Å². The van der Waals surface area contributed by atoms with Gasteiger partial charge < -0.3 is 15.8 Å². The quantitative estimate of drug-likeness (QED) is 0.811. The molecule has 6 heteroatoms. The molecule has 0 aliphatic carbocycles. The summed E-state index contributed by atoms with van der Waals surface area (Å²) in [5.74, 6) is -2.63. The second-order valence-electron chi connectivity index (χ2n) is 5.50. The van der Waals surface area contributed by atoms with Gasteiger partial charge in [0.15, 0.2) is 24.0 Å². The normalized spacial score (nSPS) is 11.3. The minimum atomic E-state index is -0.832. The van der Waals surface area contributed by atoms with Crippen LogP contribution in [0.15, 0.2) is 12.1 Å². The molecule has 118 valence electrons. The second kappa shape index (κ2) is 7.36. The summed E-state index contributed by atoms with van der Waals surface area (Å²) in [6, 6.07) is 2.33. The number of carbonyl (C=O) groups is 1. The number of ether oxygens (including phenoxy) is 1. The first-order valence-corrected chi connectivity index (χ1v) is 6.91. The van der Waals surface area contributed by atoms with Gasteiger partial charge in [-0.2, -0.15) is 0 Å². The lowest BCUT2D eigenvalue weighted by molar-refractivity contribution is -0.124. The number of benzene rings is 1. The average Bonchev–Trinajstić information content (AvgIpc) is 2.37. The second-order valence-corrected chi connectivity index (χ2v) is 5.50. The van der Waals surface area contributed by atoms with Crippen molar-refractivity contribution in [3.05, 3.63) is 29.3 Å². The Morgan fingerprint density at radius 1 is 1.33 bits per heavy atom. The zero-order chi connectivity index (χ0) is 16.0. The van der Waals surface area contributed by atoms with Crippen LogP contribution in [0.3, 0.4) is 0 Å². The van der Waals surface area contributed by atoms with Crippen molar-refractivity contribution in [1.82, 2.24) is 5.32 Å². The molecule has 4 nitrogen and oxygen atoms in total. The van der Waals surface area contributed by atoms with E-state index < -0.39 is 29.9 Å². The lowest BCUT2D eigenvalue weighted by Crippen LogP contribution is -2.45. The smallest absolute Gasteiger partial charge is 0.258 e. The summed E-state index contributed by atoms with van der Waals surface area (Å²) in [4.78, 5) is 11.7. The van der Waals surface area contributed by atoms with Crippen LogP contribution in [-0.4, -0.2) is 24.6 Å². The number of nitrogens with one attached hydrogen (secondary N) is 1. The molecule has 0 saturated heterocycles. The van der Waals surface area contributed by atoms with Crippen molar-refractivity contribution in [2.24, 2.45) is 5.73 Å². The van der Waals surface area contributed by atoms with Gasteiger partial charge in [0.2, 0.25) is 0 Å². The molecule has 0 aromatic heterocycles. The van der Waals surface area contributed by atoms with Gasteiger partial charge in [0, 0.05) is 5.54 Å². The molecular weight excluding hydrogens is 278 g/mol. The van der Waals surface area contributed by atoms with Crippen molar-refractivity contribution >= 4 is 5.91 Å². The van der Waals surface area contributed by atoms with Gasteiger partial charge in [0.05, 0.1) is 0 Å². The highest BCUT2D eigenvalue weighted by molar-refractivity contribution is 5.78. The number of carbonyl (C=O) groups excluding carboxylic acids is 1. The van der Waals surface area contributed by atoms with E-state index in [-0.39, 0.29) is 5.54 Å². The van der Waals surface area contributed by atoms with Crippen molar-refractivity contribution in [2.75, 3.05) is 13.2 Å². The predicted octanol–water partition coefficient (Wildman–Crippen LogP) is 2.15. The van der Waals surface area contributed by atoms with Crippen molar-refractivity contribution in [2.45, 2.75) is 39.2 Å². The van der Waals surface area contributed by atoms with Gasteiger partial charge in [-0.15, -0.1) is 0 Å². The fraction of sp³-hybridized carbons (Fsp3) is 0.533. The third kappa shape index (κ3) is 5.30. The van der Waals surface area contributed by atoms with Crippen LogP contribution in [0.1, 0.15) is 32.8 Å². The molecule has 21 heavy (non-hydrogen) atoms. The predicted molar refractivity (Wildman–Crippen MR) is 77.1 cm³/mol. The summed E-state index contributed by atoms with van der Waals surface area (Å²) < 4.78 is 32.5. The average molecular weight is 300 g/mol. The molecule has 1 aromatic carbocycles. The highest BCUT2D eigenvalue weighted by Crippen LogP contribution is 2.23. The van der Waals surface area contributed by atoms with E-state index in [1.54, 1.807) is 0 Å². The van der Waals surface area contributed by atoms with Crippen LogP contribution in [0.2, 0.25) is 0 Å². The van der Waals surface area contributed by atoms with Crippen molar-refractivity contribution in [3.8, 4) is 5.75 Å². The molecule has 0 radical (unpaired) electrons. The molecule has 0 heterocycles. The van der Waals surface area contributed by atoms with Gasteiger partial charge in [0.25, 0.3) is 5.91 Å². The van der Waals surface area contributed by atoms with Crippen LogP contribution in [0.4, 0.5) is 8.78 Å². The molecule has 0 bridgehead atoms. The molecule has 0 atom stereocenters. The fourth-order valence-electron chi connectivity index (χ4n) is 1.70. The molecular formula is C15H22F2N2O2. The molecule has 1 amide bonds. The Hall–Kier alpha value is -1.69. The summed E-state index contributed by atoms with van der Waals surface area (Å²) in [5, 5.41) is 2.72. The minimum Gasteiger partial charge on any atom is -0.478 e. The van der Waals surface area contributed by atoms with Crippen molar-refractivity contribution < 1.29 is 18.3 Å². The topological polar surface area (TPSA) is 64.3 Å². The van der Waals surface area contributed by atoms with Gasteiger partial charge in [-0.05, 0) is 50.9 Å². The molecule has 1 aromatic rings. The summed E-state index contributed by atoms with van der Waals surface area (Å²) in [6.45, 7) is 5.50. The van der Waals surface area contributed by atoms with Crippen molar-refractivity contribution in [3.63, 3.8) is 0 Å². The number of amides is 1. The monoisotopic (exact) mass is 300 g/mol. The third-order valence-electron chi connectivity index (χ3n) is 3.20. The summed E-state index contributed by atoms with van der Waals surface area (Å²) in [7, 11) is 0. The molecule has 0 saturated carbocycles. The third-order valence-corrected chi connectivity index (χ3v) is 3.20. The van der Waals surface area contributed by atoms with E-state index in [1.165, 1.54) is 12.1 Å². The van der Waals surface area contributed by atoms with E-state index in [0.29, 0.717) is 18.5 Å². The largest absolute Gasteiger partial charge is 0.478 e. The highest BCUT2D eigenvalue weighted by Gasteiger charge is 2.19. The molecule has 0 fully saturated rings. The summed E-state index contributed by atoms with van der Waals surface area (Å²) >= 11 is 0. The maximum absolute atomic E-state index is 13.8. The Morgan fingerprint density at radius 3 is 2.38 bits per heavy atom. The summed E-state index contributed by atoms with van der Waals surface area (Å²) in [6.07, 6.45) is 1.11. The highest BCUT2D eigenvalue weighted by atomic mass is 19.1. The number of nitrogens with two attached hydrogens (primary N) is 1. The SMILES string of the molecule is CCC(C)(C)NC(=O)COc1c(F)cc(CCN)cc1F. The Bertz CT molecular complexity index is 481. The Kier molecular flexibility index (Phi) is 6.08. The molecule has 1 rings (SSSR count). The number of hydrogen-bond acceptors (Lipinski definition) is 3.